The highest BCUT2D eigenvalue weighted by molar-refractivity contribution is 6.12. The molecule has 0 aliphatic carbocycles. The van der Waals surface area contributed by atoms with Gasteiger partial charge in [-0.3, -0.25) is 9.97 Å². The molecule has 4 aromatic heterocycles. The van der Waals surface area contributed by atoms with Gasteiger partial charge in [-0.15, -0.1) is 0 Å². The number of fused-ring (bicyclic) bond motifs is 6. The van der Waals surface area contributed by atoms with Crippen LogP contribution in [0.1, 0.15) is 11.1 Å². The molecule has 4 heterocycles. The molecular weight excluding hydrogens is 446 g/mol. The summed E-state index contributed by atoms with van der Waals surface area (Å²) in [7, 11) is 0. The van der Waals surface area contributed by atoms with Gasteiger partial charge in [-0.05, 0) is 48.0 Å². The number of nitrogens with zero attached hydrogens (tertiary/aromatic N) is 5. The largest absolute Gasteiger partial charge is 0.450 e. The molecule has 0 aliphatic heterocycles. The molecule has 36 heavy (non-hydrogen) atoms. The molecule has 0 N–H and O–H groups in total. The van der Waals surface area contributed by atoms with E-state index in [4.69, 9.17) is 4.42 Å². The monoisotopic (exact) mass is 461 g/mol. The van der Waals surface area contributed by atoms with Crippen LogP contribution in [0.5, 0.6) is 0 Å². The van der Waals surface area contributed by atoms with Crippen LogP contribution in [0.3, 0.4) is 0 Å². The molecule has 6 heteroatoms. The summed E-state index contributed by atoms with van der Waals surface area (Å²) < 4.78 is 8.72. The lowest BCUT2D eigenvalue weighted by atomic mass is 10.0. The van der Waals surface area contributed by atoms with Crippen LogP contribution in [0, 0.1) is 22.7 Å². The third-order valence-electron chi connectivity index (χ3n) is 6.54. The molecule has 7 rings (SSSR count). The average molecular weight is 461 g/mol. The smallest absolute Gasteiger partial charge is 0.179 e. The number of nitriles is 2. The second-order valence-corrected chi connectivity index (χ2v) is 8.54. The van der Waals surface area contributed by atoms with E-state index in [-0.39, 0.29) is 0 Å². The summed E-state index contributed by atoms with van der Waals surface area (Å²) in [5.41, 5.74) is 7.77. The van der Waals surface area contributed by atoms with E-state index < -0.39 is 0 Å². The molecule has 0 spiro atoms. The fraction of sp³-hybridized carbons (Fsp3) is 0. The highest BCUT2D eigenvalue weighted by atomic mass is 16.3. The van der Waals surface area contributed by atoms with Crippen LogP contribution in [0.15, 0.2) is 95.7 Å². The van der Waals surface area contributed by atoms with Crippen molar-refractivity contribution in [3.8, 4) is 29.0 Å². The van der Waals surface area contributed by atoms with E-state index in [1.54, 1.807) is 30.6 Å². The lowest BCUT2D eigenvalue weighted by Gasteiger charge is -2.07. The number of hydrogen-bond donors (Lipinski definition) is 0. The zero-order valence-corrected chi connectivity index (χ0v) is 18.8. The summed E-state index contributed by atoms with van der Waals surface area (Å²) in [6.07, 6.45) is 3.47. The van der Waals surface area contributed by atoms with Gasteiger partial charge >= 0.3 is 0 Å². The number of para-hydroxylation sites is 2. The van der Waals surface area contributed by atoms with Crippen molar-refractivity contribution in [2.75, 3.05) is 0 Å². The molecule has 0 atom stereocenters. The van der Waals surface area contributed by atoms with Crippen LogP contribution in [-0.4, -0.2) is 14.5 Å². The van der Waals surface area contributed by atoms with Crippen molar-refractivity contribution in [1.82, 2.24) is 14.5 Å². The fourth-order valence-electron chi connectivity index (χ4n) is 5.03. The molecule has 0 amide bonds. The van der Waals surface area contributed by atoms with Crippen LogP contribution >= 0.6 is 0 Å². The number of hydrogen-bond acceptors (Lipinski definition) is 5. The third kappa shape index (κ3) is 2.76. The summed E-state index contributed by atoms with van der Waals surface area (Å²) in [4.78, 5) is 9.22. The lowest BCUT2D eigenvalue weighted by molar-refractivity contribution is 0.666. The van der Waals surface area contributed by atoms with Gasteiger partial charge in [-0.25, -0.2) is 0 Å². The fourth-order valence-corrected chi connectivity index (χ4v) is 5.03. The second kappa shape index (κ2) is 7.53. The minimum atomic E-state index is 0.411. The first-order valence-electron chi connectivity index (χ1n) is 11.4. The Balaban J connectivity index is 1.57. The molecule has 0 aliphatic rings. The Morgan fingerprint density at radius 3 is 1.89 bits per heavy atom. The first-order chi connectivity index (χ1) is 17.8. The van der Waals surface area contributed by atoms with Crippen LogP contribution in [0.2, 0.25) is 0 Å². The van der Waals surface area contributed by atoms with Crippen molar-refractivity contribution in [2.24, 2.45) is 0 Å². The summed E-state index contributed by atoms with van der Waals surface area (Å²) in [5.74, 6) is 0. The van der Waals surface area contributed by atoms with E-state index in [0.717, 1.165) is 38.6 Å². The summed E-state index contributed by atoms with van der Waals surface area (Å²) >= 11 is 0. The first kappa shape index (κ1) is 20.0. The maximum atomic E-state index is 9.46. The first-order valence-corrected chi connectivity index (χ1v) is 11.4. The van der Waals surface area contributed by atoms with Crippen LogP contribution < -0.4 is 0 Å². The maximum Gasteiger partial charge on any atom is 0.179 e. The number of benzene rings is 3. The van der Waals surface area contributed by atoms with E-state index in [9.17, 15) is 10.5 Å². The van der Waals surface area contributed by atoms with Crippen LogP contribution in [0.25, 0.3) is 60.8 Å². The Hall–Kier alpha value is -5.46. The number of aromatic nitrogens is 3. The van der Waals surface area contributed by atoms with E-state index in [1.807, 2.05) is 36.4 Å². The van der Waals surface area contributed by atoms with Gasteiger partial charge in [-0.2, -0.15) is 10.5 Å². The quantitative estimate of drug-likeness (QED) is 0.280. The number of rotatable bonds is 2. The normalized spacial score (nSPS) is 11.3. The van der Waals surface area contributed by atoms with E-state index in [0.29, 0.717) is 33.3 Å². The SMILES string of the molecule is N#Cc1cc(C#N)cc(-c2ccnc3c2oc2c(-n4c5ccccc5c5ccccc54)ccnc23)c1. The van der Waals surface area contributed by atoms with Crippen LogP contribution in [-0.2, 0) is 0 Å². The van der Waals surface area contributed by atoms with Gasteiger partial charge in [0.15, 0.2) is 11.2 Å². The molecular formula is C30H15N5O. The zero-order valence-electron chi connectivity index (χ0n) is 18.8. The Labute approximate surface area is 204 Å². The van der Waals surface area contributed by atoms with Gasteiger partial charge in [0.2, 0.25) is 0 Å². The molecule has 7 aromatic rings. The molecule has 0 radical (unpaired) electrons. The van der Waals surface area contributed by atoms with Gasteiger partial charge < -0.3 is 8.98 Å². The zero-order chi connectivity index (χ0) is 24.2. The minimum absolute atomic E-state index is 0.411. The standard InChI is InChI=1S/C30H15N5O/c31-16-18-13-19(17-32)15-20(14-18)21-9-11-33-27-28-30(36-29(21)27)26(10-12-34-28)35-24-7-3-1-5-22(24)23-6-2-4-8-25(23)35/h1-15H. The Morgan fingerprint density at radius 2 is 1.25 bits per heavy atom. The Kier molecular flexibility index (Phi) is 4.17. The predicted octanol–water partition coefficient (Wildman–Crippen LogP) is 6.88. The second-order valence-electron chi connectivity index (χ2n) is 8.54. The molecule has 0 saturated heterocycles. The third-order valence-corrected chi connectivity index (χ3v) is 6.54. The molecule has 0 saturated carbocycles. The predicted molar refractivity (Wildman–Crippen MR) is 139 cm³/mol. The van der Waals surface area contributed by atoms with Crippen molar-refractivity contribution < 1.29 is 4.42 Å². The van der Waals surface area contributed by atoms with Gasteiger partial charge in [0.05, 0.1) is 40.0 Å². The Morgan fingerprint density at radius 1 is 0.667 bits per heavy atom. The summed E-state index contributed by atoms with van der Waals surface area (Å²) in [6.45, 7) is 0. The van der Waals surface area contributed by atoms with Crippen molar-refractivity contribution in [1.29, 1.82) is 10.5 Å². The van der Waals surface area contributed by atoms with Gasteiger partial charge in [0, 0.05) is 28.7 Å². The average Bonchev–Trinajstić information content (AvgIpc) is 3.49. The number of furan rings is 1. The van der Waals surface area contributed by atoms with Crippen molar-refractivity contribution in [3.05, 3.63) is 102 Å². The van der Waals surface area contributed by atoms with Gasteiger partial charge in [0.25, 0.3) is 0 Å². The van der Waals surface area contributed by atoms with E-state index in [1.165, 1.54) is 0 Å². The highest BCUT2D eigenvalue weighted by Crippen LogP contribution is 2.39. The summed E-state index contributed by atoms with van der Waals surface area (Å²) in [5, 5.41) is 21.2. The van der Waals surface area contributed by atoms with E-state index >= 15 is 0 Å². The molecule has 0 bridgehead atoms. The highest BCUT2D eigenvalue weighted by Gasteiger charge is 2.20. The van der Waals surface area contributed by atoms with Gasteiger partial charge in [0.1, 0.15) is 11.0 Å². The molecule has 0 unspecified atom stereocenters. The van der Waals surface area contributed by atoms with Gasteiger partial charge in [-0.1, -0.05) is 36.4 Å². The van der Waals surface area contributed by atoms with Crippen molar-refractivity contribution >= 4 is 44.0 Å². The molecule has 0 fully saturated rings. The number of pyridine rings is 2. The molecule has 166 valence electrons. The topological polar surface area (TPSA) is 91.4 Å². The Bertz CT molecular complexity index is 2000. The lowest BCUT2D eigenvalue weighted by Crippen LogP contribution is -1.94. The maximum absolute atomic E-state index is 9.46. The molecule has 6 nitrogen and oxygen atoms in total. The minimum Gasteiger partial charge on any atom is -0.450 e. The summed E-state index contributed by atoms with van der Waals surface area (Å²) in [6, 6.07) is 29.7. The van der Waals surface area contributed by atoms with Crippen molar-refractivity contribution in [2.45, 2.75) is 0 Å². The van der Waals surface area contributed by atoms with E-state index in [2.05, 4.69) is 50.9 Å². The van der Waals surface area contributed by atoms with Crippen molar-refractivity contribution in [3.63, 3.8) is 0 Å². The molecule has 3 aromatic carbocycles. The van der Waals surface area contributed by atoms with Crippen LogP contribution in [0.4, 0.5) is 0 Å².